The summed E-state index contributed by atoms with van der Waals surface area (Å²) < 4.78 is 24.2. The van der Waals surface area contributed by atoms with Gasteiger partial charge >= 0.3 is 7.82 Å². The molecular weight excluding hydrogens is 415 g/mol. The van der Waals surface area contributed by atoms with Gasteiger partial charge < -0.3 is 4.52 Å². The fourth-order valence-corrected chi connectivity index (χ4v) is 3.03. The molecule has 0 bridgehead atoms. The summed E-state index contributed by atoms with van der Waals surface area (Å²) in [5, 5.41) is -0.969. The van der Waals surface area contributed by atoms with Gasteiger partial charge in [0.1, 0.15) is 10.0 Å². The Labute approximate surface area is 137 Å². The fraction of sp³-hybridized carbons (Fsp3) is 0. The number of halogens is 7. The van der Waals surface area contributed by atoms with Gasteiger partial charge in [-0.3, -0.25) is 0 Å². The highest BCUT2D eigenvalue weighted by Crippen LogP contribution is 2.57. The Bertz CT molecular complexity index is 484. The van der Waals surface area contributed by atoms with Crippen molar-refractivity contribution in [1.29, 1.82) is 0 Å². The summed E-state index contributed by atoms with van der Waals surface area (Å²) in [7, 11) is -4.31. The normalized spacial score (nSPS) is 11.7. The van der Waals surface area contributed by atoms with Gasteiger partial charge in [0.15, 0.2) is 5.75 Å². The van der Waals surface area contributed by atoms with E-state index in [2.05, 4.69) is 8.15 Å². The third-order valence-corrected chi connectivity index (χ3v) is 5.54. The Morgan fingerprint density at radius 3 is 1.39 bits per heavy atom. The molecule has 0 aliphatic rings. The van der Waals surface area contributed by atoms with Crippen LogP contribution in [-0.4, -0.2) is 0 Å². The zero-order valence-electron chi connectivity index (χ0n) is 7.73. The van der Waals surface area contributed by atoms with E-state index >= 15 is 0 Å². The summed E-state index contributed by atoms with van der Waals surface area (Å²) in [4.78, 5) is 0. The largest absolute Gasteiger partial charge is 0.563 e. The molecule has 0 aliphatic carbocycles. The van der Waals surface area contributed by atoms with Crippen molar-refractivity contribution in [3.8, 4) is 5.75 Å². The van der Waals surface area contributed by atoms with Crippen molar-refractivity contribution in [3.63, 3.8) is 0 Å². The zero-order chi connectivity index (χ0) is 14.1. The summed E-state index contributed by atoms with van der Waals surface area (Å²) in [6.07, 6.45) is 0. The van der Waals surface area contributed by atoms with Crippen LogP contribution in [0.2, 0.25) is 25.1 Å². The molecule has 0 heterocycles. The van der Waals surface area contributed by atoms with E-state index in [9.17, 15) is 4.57 Å². The van der Waals surface area contributed by atoms with E-state index in [0.29, 0.717) is 0 Å². The first-order valence-electron chi connectivity index (χ1n) is 3.69. The first-order chi connectivity index (χ1) is 8.27. The van der Waals surface area contributed by atoms with Crippen LogP contribution in [0.5, 0.6) is 5.75 Å². The highest BCUT2D eigenvalue weighted by molar-refractivity contribution is 7.50. The van der Waals surface area contributed by atoms with Gasteiger partial charge in [-0.25, -0.2) is 4.57 Å². The number of hydrogen-bond acceptors (Lipinski definition) is 4. The van der Waals surface area contributed by atoms with Gasteiger partial charge in [-0.2, -0.15) is 8.15 Å². The highest BCUT2D eigenvalue weighted by atomic mass is 35.5. The van der Waals surface area contributed by atoms with E-state index < -0.39 is 13.6 Å². The minimum absolute atomic E-state index is 0.103. The Morgan fingerprint density at radius 2 is 1.06 bits per heavy atom. The van der Waals surface area contributed by atoms with Gasteiger partial charge in [0.2, 0.25) is 0 Å². The van der Waals surface area contributed by atoms with E-state index in [-0.39, 0.29) is 25.1 Å². The number of benzene rings is 1. The van der Waals surface area contributed by atoms with Crippen LogP contribution in [0.4, 0.5) is 0 Å². The minimum atomic E-state index is -4.31. The van der Waals surface area contributed by atoms with E-state index in [1.54, 1.807) is 0 Å². The quantitative estimate of drug-likeness (QED) is 0.309. The van der Waals surface area contributed by atoms with Gasteiger partial charge in [0, 0.05) is 0 Å². The van der Waals surface area contributed by atoms with Crippen LogP contribution in [-0.2, 0) is 12.7 Å². The van der Waals surface area contributed by atoms with Crippen molar-refractivity contribution in [3.05, 3.63) is 25.1 Å². The van der Waals surface area contributed by atoms with E-state index in [0.717, 1.165) is 0 Å². The molecule has 0 saturated carbocycles. The van der Waals surface area contributed by atoms with Crippen LogP contribution in [0.3, 0.4) is 0 Å². The molecule has 18 heavy (non-hydrogen) atoms. The molecule has 12 heteroatoms. The summed E-state index contributed by atoms with van der Waals surface area (Å²) in [5.41, 5.74) is 0. The van der Waals surface area contributed by atoms with Crippen LogP contribution in [0.1, 0.15) is 0 Å². The second kappa shape index (κ2) is 6.77. The third-order valence-electron chi connectivity index (χ3n) is 1.54. The molecule has 0 fully saturated rings. The van der Waals surface area contributed by atoms with Crippen molar-refractivity contribution in [2.24, 2.45) is 0 Å². The Morgan fingerprint density at radius 1 is 0.722 bits per heavy atom. The average molecular weight is 415 g/mol. The monoisotopic (exact) mass is 412 g/mol. The number of hydrogen-bond donors (Lipinski definition) is 0. The molecule has 0 aliphatic heterocycles. The molecule has 0 unspecified atom stereocenters. The molecule has 0 spiro atoms. The maximum absolute atomic E-state index is 11.6. The molecule has 1 aromatic carbocycles. The SMILES string of the molecule is O=P(OCl)(OCl)Oc1c(Cl)c(Cl)c(Cl)c(Cl)c1Cl. The van der Waals surface area contributed by atoms with Gasteiger partial charge in [0.25, 0.3) is 0 Å². The van der Waals surface area contributed by atoms with Crippen LogP contribution >= 0.6 is 89.6 Å². The highest BCUT2D eigenvalue weighted by Gasteiger charge is 2.33. The molecule has 0 atom stereocenters. The molecule has 4 nitrogen and oxygen atoms in total. The Hall–Kier alpha value is 1.20. The smallest absolute Gasteiger partial charge is 0.399 e. The zero-order valence-corrected chi connectivity index (χ0v) is 13.9. The molecule has 0 aromatic heterocycles. The van der Waals surface area contributed by atoms with Gasteiger partial charge in [-0.05, 0) is 0 Å². The first kappa shape index (κ1) is 17.3. The second-order valence-electron chi connectivity index (χ2n) is 2.58. The lowest BCUT2D eigenvalue weighted by molar-refractivity contribution is 0.318. The van der Waals surface area contributed by atoms with Crippen molar-refractivity contribution < 1.29 is 17.2 Å². The molecular formula is C6Cl7O4P. The molecule has 0 radical (unpaired) electrons. The lowest BCUT2D eigenvalue weighted by Crippen LogP contribution is -1.95. The van der Waals surface area contributed by atoms with Crippen molar-refractivity contribution in [1.82, 2.24) is 0 Å². The molecule has 1 rings (SSSR count). The van der Waals surface area contributed by atoms with Gasteiger partial charge in [-0.15, -0.1) is 0 Å². The van der Waals surface area contributed by atoms with Crippen molar-refractivity contribution >= 4 is 89.6 Å². The average Bonchev–Trinajstić information content (AvgIpc) is 2.39. The molecule has 102 valence electrons. The third kappa shape index (κ3) is 3.44. The van der Waals surface area contributed by atoms with Gasteiger partial charge in [0.05, 0.1) is 38.8 Å². The summed E-state index contributed by atoms with van der Waals surface area (Å²) >= 11 is 38.6. The van der Waals surface area contributed by atoms with Crippen LogP contribution in [0, 0.1) is 0 Å². The molecule has 1 aromatic rings. The first-order valence-corrected chi connectivity index (χ1v) is 7.66. The number of phosphoric acid groups is 1. The van der Waals surface area contributed by atoms with Crippen LogP contribution in [0.15, 0.2) is 0 Å². The Balaban J connectivity index is 3.39. The molecule has 0 amide bonds. The van der Waals surface area contributed by atoms with E-state index in [4.69, 9.17) is 86.3 Å². The topological polar surface area (TPSA) is 44.8 Å². The maximum Gasteiger partial charge on any atom is 0.563 e. The fourth-order valence-electron chi connectivity index (χ4n) is 0.816. The summed E-state index contributed by atoms with van der Waals surface area (Å²) in [5.74, 6) is -0.401. The second-order valence-corrected chi connectivity index (χ2v) is 6.65. The predicted molar refractivity (Wildman–Crippen MR) is 73.6 cm³/mol. The summed E-state index contributed by atoms with van der Waals surface area (Å²) in [6.45, 7) is 0. The lowest BCUT2D eigenvalue weighted by atomic mass is 10.3. The molecule has 0 N–H and O–H groups in total. The van der Waals surface area contributed by atoms with Crippen molar-refractivity contribution in [2.75, 3.05) is 0 Å². The van der Waals surface area contributed by atoms with Crippen LogP contribution in [0.25, 0.3) is 0 Å². The van der Waals surface area contributed by atoms with Gasteiger partial charge in [-0.1, -0.05) is 58.0 Å². The van der Waals surface area contributed by atoms with Crippen LogP contribution < -0.4 is 4.52 Å². The lowest BCUT2D eigenvalue weighted by Gasteiger charge is -2.15. The summed E-state index contributed by atoms with van der Waals surface area (Å²) in [6, 6.07) is 0. The number of rotatable bonds is 4. The molecule has 0 saturated heterocycles. The van der Waals surface area contributed by atoms with E-state index in [1.165, 1.54) is 0 Å². The van der Waals surface area contributed by atoms with Crippen molar-refractivity contribution in [2.45, 2.75) is 0 Å². The predicted octanol–water partition coefficient (Wildman–Crippen LogP) is 6.78. The standard InChI is InChI=1S/C6Cl7O4P/c7-1-2(8)4(10)6(5(11)3(1)9)15-18(14,16-12)17-13. The minimum Gasteiger partial charge on any atom is -0.399 e. The van der Waals surface area contributed by atoms with E-state index in [1.807, 2.05) is 0 Å². The Kier molecular flexibility index (Phi) is 6.49. The maximum atomic E-state index is 11.6.